The Hall–Kier alpha value is -0.650. The van der Waals surface area contributed by atoms with Gasteiger partial charge in [-0.2, -0.15) is 0 Å². The van der Waals surface area contributed by atoms with E-state index < -0.39 is 5.54 Å². The summed E-state index contributed by atoms with van der Waals surface area (Å²) in [5.74, 6) is -0.289. The lowest BCUT2D eigenvalue weighted by Crippen LogP contribution is -2.53. The van der Waals surface area contributed by atoms with Crippen LogP contribution in [0.4, 0.5) is 0 Å². The molecule has 5 heteroatoms. The molecule has 0 aliphatic carbocycles. The van der Waals surface area contributed by atoms with Crippen LogP contribution >= 0.6 is 0 Å². The molecule has 1 aliphatic rings. The normalized spacial score (nSPS) is 21.0. The van der Waals surface area contributed by atoms with Gasteiger partial charge in [-0.25, -0.2) is 0 Å². The second-order valence-corrected chi connectivity index (χ2v) is 7.24. The molecule has 1 saturated heterocycles. The second kappa shape index (κ2) is 7.56. The predicted molar refractivity (Wildman–Crippen MR) is 86.2 cm³/mol. The van der Waals surface area contributed by atoms with Crippen LogP contribution in [0.3, 0.4) is 0 Å². The Morgan fingerprint density at radius 3 is 2.19 bits per heavy atom. The third kappa shape index (κ3) is 5.93. The summed E-state index contributed by atoms with van der Waals surface area (Å²) >= 11 is 0. The topological polar surface area (TPSA) is 58.8 Å². The van der Waals surface area contributed by atoms with Crippen LogP contribution in [-0.2, 0) is 9.53 Å². The molecule has 0 spiro atoms. The summed E-state index contributed by atoms with van der Waals surface area (Å²) in [6, 6.07) is 0. The fourth-order valence-corrected chi connectivity index (χ4v) is 2.71. The molecular formula is C16H33N3O2. The van der Waals surface area contributed by atoms with Crippen LogP contribution in [-0.4, -0.2) is 66.2 Å². The molecule has 0 aromatic heterocycles. The fourth-order valence-electron chi connectivity index (χ4n) is 2.71. The highest BCUT2D eigenvalue weighted by Crippen LogP contribution is 2.17. The average molecular weight is 299 g/mol. The standard InChI is InChI=1S/C16H33N3O2/c1-6-21-14(20)16(5,17)8-7-9-18-10-12-19(13-11-18)15(2,3)4/h6-13,17H2,1-5H3. The molecule has 5 nitrogen and oxygen atoms in total. The van der Waals surface area contributed by atoms with Crippen molar-refractivity contribution < 1.29 is 9.53 Å². The molecule has 0 amide bonds. The van der Waals surface area contributed by atoms with Gasteiger partial charge >= 0.3 is 5.97 Å². The minimum absolute atomic E-state index is 0.256. The molecule has 21 heavy (non-hydrogen) atoms. The molecule has 0 saturated carbocycles. The number of nitrogens with zero attached hydrogens (tertiary/aromatic N) is 2. The van der Waals surface area contributed by atoms with E-state index in [1.54, 1.807) is 6.92 Å². The first-order chi connectivity index (χ1) is 9.66. The van der Waals surface area contributed by atoms with Crippen LogP contribution in [0.2, 0.25) is 0 Å². The van der Waals surface area contributed by atoms with E-state index in [2.05, 4.69) is 30.6 Å². The summed E-state index contributed by atoms with van der Waals surface area (Å²) < 4.78 is 5.02. The number of piperazine rings is 1. The molecule has 0 aromatic carbocycles. The van der Waals surface area contributed by atoms with E-state index in [9.17, 15) is 4.79 Å². The minimum atomic E-state index is -0.858. The molecular weight excluding hydrogens is 266 g/mol. The summed E-state index contributed by atoms with van der Waals surface area (Å²) in [6.07, 6.45) is 1.60. The van der Waals surface area contributed by atoms with Gasteiger partial charge in [0.15, 0.2) is 0 Å². The average Bonchev–Trinajstić information content (AvgIpc) is 2.38. The Bertz CT molecular complexity index is 329. The first-order valence-corrected chi connectivity index (χ1v) is 8.10. The van der Waals surface area contributed by atoms with Gasteiger partial charge in [0.2, 0.25) is 0 Å². The first-order valence-electron chi connectivity index (χ1n) is 8.10. The summed E-state index contributed by atoms with van der Waals surface area (Å²) in [5, 5.41) is 0. The number of esters is 1. The van der Waals surface area contributed by atoms with Crippen molar-refractivity contribution in [2.75, 3.05) is 39.3 Å². The maximum atomic E-state index is 11.7. The highest BCUT2D eigenvalue weighted by Gasteiger charge is 2.30. The van der Waals surface area contributed by atoms with Gasteiger partial charge in [-0.1, -0.05) is 0 Å². The molecule has 1 atom stereocenters. The maximum absolute atomic E-state index is 11.7. The van der Waals surface area contributed by atoms with E-state index in [0.717, 1.165) is 39.1 Å². The Balaban J connectivity index is 2.27. The van der Waals surface area contributed by atoms with Crippen molar-refractivity contribution in [1.29, 1.82) is 0 Å². The Morgan fingerprint density at radius 1 is 1.14 bits per heavy atom. The number of carbonyl (C=O) groups excluding carboxylic acids is 1. The largest absolute Gasteiger partial charge is 0.465 e. The zero-order valence-electron chi connectivity index (χ0n) is 14.4. The van der Waals surface area contributed by atoms with Gasteiger partial charge < -0.3 is 15.4 Å². The van der Waals surface area contributed by atoms with E-state index >= 15 is 0 Å². The second-order valence-electron chi connectivity index (χ2n) is 7.24. The van der Waals surface area contributed by atoms with Gasteiger partial charge in [0.25, 0.3) is 0 Å². The van der Waals surface area contributed by atoms with Gasteiger partial charge in [-0.05, 0) is 54.0 Å². The number of nitrogens with two attached hydrogens (primary N) is 1. The van der Waals surface area contributed by atoms with E-state index in [1.165, 1.54) is 0 Å². The maximum Gasteiger partial charge on any atom is 0.325 e. The molecule has 0 radical (unpaired) electrons. The van der Waals surface area contributed by atoms with Crippen LogP contribution in [0.15, 0.2) is 0 Å². The zero-order chi connectivity index (χ0) is 16.1. The minimum Gasteiger partial charge on any atom is -0.465 e. The van der Waals surface area contributed by atoms with Gasteiger partial charge in [0, 0.05) is 31.7 Å². The van der Waals surface area contributed by atoms with E-state index in [-0.39, 0.29) is 11.5 Å². The van der Waals surface area contributed by atoms with Crippen LogP contribution in [0.5, 0.6) is 0 Å². The predicted octanol–water partition coefficient (Wildman–Crippen LogP) is 1.46. The van der Waals surface area contributed by atoms with Crippen LogP contribution in [0.1, 0.15) is 47.5 Å². The van der Waals surface area contributed by atoms with Crippen molar-refractivity contribution in [3.8, 4) is 0 Å². The number of hydrogen-bond donors (Lipinski definition) is 1. The lowest BCUT2D eigenvalue weighted by Gasteiger charge is -2.42. The Kier molecular flexibility index (Phi) is 6.63. The van der Waals surface area contributed by atoms with Crippen molar-refractivity contribution >= 4 is 5.97 Å². The lowest BCUT2D eigenvalue weighted by molar-refractivity contribution is -0.149. The number of ether oxygens (including phenoxy) is 1. The molecule has 124 valence electrons. The van der Waals surface area contributed by atoms with Crippen LogP contribution < -0.4 is 5.73 Å². The molecule has 1 unspecified atom stereocenters. The van der Waals surface area contributed by atoms with Crippen LogP contribution in [0.25, 0.3) is 0 Å². The monoisotopic (exact) mass is 299 g/mol. The molecule has 2 N–H and O–H groups in total. The number of rotatable bonds is 6. The third-order valence-corrected chi connectivity index (χ3v) is 4.23. The smallest absolute Gasteiger partial charge is 0.325 e. The molecule has 1 fully saturated rings. The Labute approximate surface area is 129 Å². The summed E-state index contributed by atoms with van der Waals surface area (Å²) in [6.45, 7) is 16.2. The quantitative estimate of drug-likeness (QED) is 0.753. The summed E-state index contributed by atoms with van der Waals surface area (Å²) in [4.78, 5) is 16.7. The van der Waals surface area contributed by atoms with Gasteiger partial charge in [0.05, 0.1) is 6.61 Å². The fraction of sp³-hybridized carbons (Fsp3) is 0.938. The molecule has 0 aromatic rings. The van der Waals surface area contributed by atoms with Crippen LogP contribution in [0, 0.1) is 0 Å². The molecule has 1 heterocycles. The lowest BCUT2D eigenvalue weighted by atomic mass is 9.97. The van der Waals surface area contributed by atoms with Crippen molar-refractivity contribution in [3.05, 3.63) is 0 Å². The van der Waals surface area contributed by atoms with Crippen molar-refractivity contribution in [1.82, 2.24) is 9.80 Å². The molecule has 0 bridgehead atoms. The van der Waals surface area contributed by atoms with E-state index in [0.29, 0.717) is 13.0 Å². The third-order valence-electron chi connectivity index (χ3n) is 4.23. The number of carbonyl (C=O) groups is 1. The summed E-state index contributed by atoms with van der Waals surface area (Å²) in [5.41, 5.74) is 5.44. The Morgan fingerprint density at radius 2 is 1.71 bits per heavy atom. The molecule has 1 aliphatic heterocycles. The first kappa shape index (κ1) is 18.4. The highest BCUT2D eigenvalue weighted by atomic mass is 16.5. The SMILES string of the molecule is CCOC(=O)C(C)(N)CCCN1CCN(C(C)(C)C)CC1. The van der Waals surface area contributed by atoms with Gasteiger partial charge in [-0.3, -0.25) is 9.69 Å². The van der Waals surface area contributed by atoms with Crippen molar-refractivity contribution in [2.24, 2.45) is 5.73 Å². The molecule has 1 rings (SSSR count). The highest BCUT2D eigenvalue weighted by molar-refractivity contribution is 5.79. The van der Waals surface area contributed by atoms with Gasteiger partial charge in [0.1, 0.15) is 5.54 Å². The summed E-state index contributed by atoms with van der Waals surface area (Å²) in [7, 11) is 0. The number of hydrogen-bond acceptors (Lipinski definition) is 5. The van der Waals surface area contributed by atoms with Crippen molar-refractivity contribution in [3.63, 3.8) is 0 Å². The zero-order valence-corrected chi connectivity index (χ0v) is 14.4. The van der Waals surface area contributed by atoms with Crippen molar-refractivity contribution in [2.45, 2.75) is 58.5 Å². The van der Waals surface area contributed by atoms with E-state index in [4.69, 9.17) is 10.5 Å². The van der Waals surface area contributed by atoms with Gasteiger partial charge in [-0.15, -0.1) is 0 Å². The van der Waals surface area contributed by atoms with E-state index in [1.807, 2.05) is 6.92 Å².